The lowest BCUT2D eigenvalue weighted by atomic mass is 9.73. The fraction of sp³-hybridized carbons (Fsp3) is 0.0741. The first-order chi connectivity index (χ1) is 72.5. The van der Waals surface area contributed by atoms with E-state index in [1.807, 2.05) is 60.3 Å². The second-order valence-electron chi connectivity index (χ2n) is 38.0. The molecule has 10 nitrogen and oxygen atoms in total. The van der Waals surface area contributed by atoms with Crippen LogP contribution in [0.25, 0.3) is 0 Å². The molecule has 0 N–H and O–H groups in total. The average molecular weight is 1940 g/mol. The zero-order valence-corrected chi connectivity index (χ0v) is 84.8. The van der Waals surface area contributed by atoms with Crippen molar-refractivity contribution in [2.45, 2.75) is 67.2 Å². The van der Waals surface area contributed by atoms with Crippen LogP contribution < -0.4 is 54.3 Å². The highest BCUT2D eigenvalue weighted by atomic mass is 32.2. The lowest BCUT2D eigenvalue weighted by molar-refractivity contribution is 0.477. The second-order valence-corrected chi connectivity index (χ2v) is 43.4. The Labute approximate surface area is 869 Å². The predicted octanol–water partition coefficient (Wildman–Crippen LogP) is 35.6. The van der Waals surface area contributed by atoms with Gasteiger partial charge in [0.15, 0.2) is 11.5 Å². The van der Waals surface area contributed by atoms with Gasteiger partial charge in [0.1, 0.15) is 14.2 Å². The molecule has 20 aromatic rings. The van der Waals surface area contributed by atoms with Crippen molar-refractivity contribution in [3.8, 4) is 11.5 Å². The van der Waals surface area contributed by atoms with Crippen LogP contribution in [0.5, 0.6) is 11.5 Å². The van der Waals surface area contributed by atoms with Crippen molar-refractivity contribution >= 4 is 155 Å². The van der Waals surface area contributed by atoms with Crippen LogP contribution in [-0.4, -0.2) is 26.9 Å². The van der Waals surface area contributed by atoms with Crippen molar-refractivity contribution in [3.63, 3.8) is 0 Å². The zero-order chi connectivity index (χ0) is 99.4. The smallest absolute Gasteiger partial charge is 0.151 e. The molecule has 0 saturated carbocycles. The van der Waals surface area contributed by atoms with Crippen LogP contribution in [-0.2, 0) is 18.3 Å². The molecule has 0 aromatic heterocycles. The first kappa shape index (κ1) is 94.2. The lowest BCUT2D eigenvalue weighted by Crippen LogP contribution is -2.58. The summed E-state index contributed by atoms with van der Waals surface area (Å²) in [5.41, 5.74) is 33.6. The highest BCUT2D eigenvalue weighted by Crippen LogP contribution is 2.57. The van der Waals surface area contributed by atoms with Crippen molar-refractivity contribution < 1.29 is 4.74 Å². The van der Waals surface area contributed by atoms with Crippen LogP contribution in [0.2, 0.25) is 13.1 Å². The molecule has 28 rings (SSSR count). The molecule has 0 spiro atoms. The molecule has 714 valence electrons. The quantitative estimate of drug-likeness (QED) is 0.138. The van der Waals surface area contributed by atoms with Crippen LogP contribution in [0.15, 0.2) is 573 Å². The fourth-order valence-corrected chi connectivity index (χ4v) is 25.4. The Bertz CT molecular complexity index is 7430. The van der Waals surface area contributed by atoms with Crippen LogP contribution in [0.4, 0.5) is 119 Å². The van der Waals surface area contributed by atoms with Crippen LogP contribution in [0, 0.1) is 0 Å². The molecule has 20 aromatic carbocycles. The lowest BCUT2D eigenvalue weighted by Gasteiger charge is -2.42. The van der Waals surface area contributed by atoms with Gasteiger partial charge in [0, 0.05) is 84.8 Å². The van der Waals surface area contributed by atoms with Gasteiger partial charge in [0.2, 0.25) is 0 Å². The number of fused-ring (bicyclic) bond motifs is 13. The summed E-state index contributed by atoms with van der Waals surface area (Å²) in [4.78, 5) is 26.2. The van der Waals surface area contributed by atoms with Crippen molar-refractivity contribution in [3.05, 3.63) is 586 Å². The number of para-hydroxylation sites is 23. The first-order valence-electron chi connectivity index (χ1n) is 50.6. The van der Waals surface area contributed by atoms with Gasteiger partial charge < -0.3 is 43.9 Å². The van der Waals surface area contributed by atoms with E-state index in [4.69, 9.17) is 9.73 Å². The molecule has 7 heterocycles. The number of benzene rings is 20. The third kappa shape index (κ3) is 19.2. The van der Waals surface area contributed by atoms with E-state index in [1.165, 1.54) is 150 Å². The van der Waals surface area contributed by atoms with Gasteiger partial charge in [-0.2, -0.15) is 0 Å². The Morgan fingerprint density at radius 1 is 0.265 bits per heavy atom. The Morgan fingerprint density at radius 3 is 0.925 bits per heavy atom. The van der Waals surface area contributed by atoms with Crippen LogP contribution >= 0.6 is 11.8 Å². The summed E-state index contributed by atoms with van der Waals surface area (Å²) >= 11 is 1.84. The molecule has 2 unspecified atom stereocenters. The van der Waals surface area contributed by atoms with Gasteiger partial charge in [-0.15, -0.1) is 0 Å². The topological polar surface area (TPSA) is 47.5 Å². The standard InChI is InChI=1S/C24H18N2.C21H19N.C20H19NSi.C19H16N2.C18H13NO.C18H13NS.C15H15N/c1-3-11-19(12-4-1)25-21-15-7-9-17-23(21)26(20-13-5-2-6-14-20)24-18-10-8-16-22(24)25;1-21(2)17-12-6-8-14-19(17)22(16-10-4-3-5-11-16)20-15-9-7-13-18(20)21;1-22(2)19-14-8-6-12-17(19)21(16-10-4-3-5-11-16)18-13-7-9-15-20(18)22;1-3-9-15(10-4-1)19-20-17-13-7-8-14-18(17)21(19)16-11-5-2-6-12-16;2*1-2-8-14(9-3-1)19-15-10-4-6-12-17(15)20-18-13-7-5-11-16(18)19;1-16-14-8-4-2-6-12(14)10-11-13-7-3-5-9-15(13)16/h1-18H;2*3-15H,1-2H3;1-14,18-19H;2*1-13H;2-9H,10-11H2,1H3. The molecule has 8 aliphatic rings. The monoisotopic (exact) mass is 1940 g/mol. The van der Waals surface area contributed by atoms with Crippen molar-refractivity contribution in [2.75, 3.05) is 46.2 Å². The number of ether oxygens (including phenoxy) is 1. The van der Waals surface area contributed by atoms with Gasteiger partial charge in [-0.1, -0.05) is 397 Å². The molecule has 147 heavy (non-hydrogen) atoms. The summed E-state index contributed by atoms with van der Waals surface area (Å²) in [5.74, 6) is 1.77. The van der Waals surface area contributed by atoms with Gasteiger partial charge in [-0.05, 0) is 251 Å². The molecule has 0 bridgehead atoms. The minimum absolute atomic E-state index is 0.0124. The van der Waals surface area contributed by atoms with E-state index < -0.39 is 8.07 Å². The van der Waals surface area contributed by atoms with E-state index in [-0.39, 0.29) is 17.6 Å². The first-order valence-corrected chi connectivity index (χ1v) is 54.4. The van der Waals surface area contributed by atoms with Crippen LogP contribution in [0.1, 0.15) is 47.8 Å². The van der Waals surface area contributed by atoms with E-state index in [2.05, 4.69) is 583 Å². The average Bonchev–Trinajstić information content (AvgIpc) is 1.32. The maximum Gasteiger partial charge on any atom is 0.151 e. The maximum atomic E-state index is 5.99. The van der Waals surface area contributed by atoms with Gasteiger partial charge in [-0.25, -0.2) is 0 Å². The molecule has 7 aliphatic heterocycles. The number of aryl methyl sites for hydroxylation is 2. The van der Waals surface area contributed by atoms with Gasteiger partial charge in [0.25, 0.3) is 0 Å². The number of nitrogens with zero attached hydrogens (tertiary/aromatic N) is 9. The number of hydrogen-bond donors (Lipinski definition) is 0. The van der Waals surface area contributed by atoms with Crippen LogP contribution in [0.3, 0.4) is 0 Å². The van der Waals surface area contributed by atoms with E-state index in [0.717, 1.165) is 47.1 Å². The normalized spacial score (nSPS) is 14.9. The Balaban J connectivity index is 0.0000000977. The zero-order valence-electron chi connectivity index (χ0n) is 83.0. The second kappa shape index (κ2) is 42.9. The molecular formula is C135H113N9OSSi. The molecule has 1 aliphatic carbocycles. The van der Waals surface area contributed by atoms with Crippen molar-refractivity contribution in [2.24, 2.45) is 4.99 Å². The van der Waals surface area contributed by atoms with Gasteiger partial charge >= 0.3 is 0 Å². The van der Waals surface area contributed by atoms with Crippen molar-refractivity contribution in [1.82, 2.24) is 0 Å². The van der Waals surface area contributed by atoms with Gasteiger partial charge in [0.05, 0.1) is 68.6 Å². The third-order valence-corrected chi connectivity index (χ3v) is 33.0. The summed E-state index contributed by atoms with van der Waals surface area (Å²) < 4.78 is 5.99. The predicted molar refractivity (Wildman–Crippen MR) is 623 cm³/mol. The minimum Gasteiger partial charge on any atom is -0.453 e. The summed E-state index contributed by atoms with van der Waals surface area (Å²) in [6.07, 6.45) is 10.8. The van der Waals surface area contributed by atoms with Crippen molar-refractivity contribution in [1.29, 1.82) is 0 Å². The Hall–Kier alpha value is -17.7. The van der Waals surface area contributed by atoms with E-state index >= 15 is 0 Å². The highest BCUT2D eigenvalue weighted by Gasteiger charge is 2.41. The van der Waals surface area contributed by atoms with E-state index in [9.17, 15) is 0 Å². The Morgan fingerprint density at radius 2 is 0.537 bits per heavy atom. The highest BCUT2D eigenvalue weighted by molar-refractivity contribution is 7.99. The summed E-state index contributed by atoms with van der Waals surface area (Å²) in [6, 6.07) is 188. The molecule has 0 radical (unpaired) electrons. The van der Waals surface area contributed by atoms with E-state index in [1.54, 1.807) is 0 Å². The summed E-state index contributed by atoms with van der Waals surface area (Å²) in [6.45, 7) is 9.53. The summed E-state index contributed by atoms with van der Waals surface area (Å²) in [5, 5.41) is 3.02. The molecule has 2 atom stereocenters. The molecule has 0 fully saturated rings. The molecule has 0 amide bonds. The number of hydrogen-bond acceptors (Lipinski definition) is 11. The number of aliphatic imine (C=N–C) groups is 1. The molecular weight excluding hydrogens is 1820 g/mol. The molecule has 12 heteroatoms. The number of allylic oxidation sites excluding steroid dienone is 2. The van der Waals surface area contributed by atoms with E-state index in [0.29, 0.717) is 0 Å². The maximum absolute atomic E-state index is 5.99. The Kier molecular flexibility index (Phi) is 27.5. The number of anilines is 21. The minimum atomic E-state index is -1.65. The SMILES string of the molecule is C1=CC2=NC(c3ccccc3)N(c3ccccc3)C2C=C1.CC1(C)c2ccccc2N(c2ccccc2)c2ccccc21.CN1c2ccccc2CCc2ccccc21.C[Si]1(C)c2ccccc2N(c2ccccc2)c2ccccc21.c1ccc(N2c3ccccc3N(c3ccccc3)c3ccccc32)cc1.c1ccc(N2c3ccccc3Oc3ccccc32)cc1.c1ccc(N2c3ccccc3Sc3ccccc32)cc1. The van der Waals surface area contributed by atoms with Gasteiger partial charge in [-0.3, -0.25) is 4.99 Å². The fourth-order valence-electron chi connectivity index (χ4n) is 21.3. The third-order valence-electron chi connectivity index (χ3n) is 28.3. The largest absolute Gasteiger partial charge is 0.453 e. The number of rotatable bonds is 8. The summed E-state index contributed by atoms with van der Waals surface area (Å²) in [7, 11) is 0.508. The molecule has 0 saturated heterocycles.